The lowest BCUT2D eigenvalue weighted by Crippen LogP contribution is -2.28. The molecule has 3 aliphatic heterocycles. The molecule has 0 amide bonds. The van der Waals surface area contributed by atoms with E-state index in [4.69, 9.17) is 35.4 Å². The van der Waals surface area contributed by atoms with Crippen LogP contribution in [-0.4, -0.2) is 0 Å². The Morgan fingerprint density at radius 1 is 0.315 bits per heavy atom. The molecule has 3 atom stereocenters. The molecular formula is C42H30N3P3S6. The van der Waals surface area contributed by atoms with E-state index in [0.717, 1.165) is 50.0 Å². The van der Waals surface area contributed by atoms with E-state index >= 15 is 0 Å². The van der Waals surface area contributed by atoms with Crippen LogP contribution in [0.25, 0.3) is 0 Å². The summed E-state index contributed by atoms with van der Waals surface area (Å²) in [6.45, 7) is 0. The van der Waals surface area contributed by atoms with Gasteiger partial charge in [-0.3, -0.25) is 14.0 Å². The predicted octanol–water partition coefficient (Wildman–Crippen LogP) is 13.3. The second-order valence-electron chi connectivity index (χ2n) is 12.9. The van der Waals surface area contributed by atoms with Crippen LogP contribution in [0.5, 0.6) is 0 Å². The number of rotatable bonds is 6. The van der Waals surface area contributed by atoms with E-state index in [-0.39, 0.29) is 0 Å². The summed E-state index contributed by atoms with van der Waals surface area (Å²) in [4.78, 5) is 3.60. The van der Waals surface area contributed by atoms with Crippen LogP contribution in [0.3, 0.4) is 0 Å². The maximum atomic E-state index is 7.08. The minimum atomic E-state index is -2.59. The third-order valence-electron chi connectivity index (χ3n) is 9.60. The maximum absolute atomic E-state index is 7.08. The fourth-order valence-corrected chi connectivity index (χ4v) is 28.3. The Balaban J connectivity index is 1.25. The second-order valence-corrected chi connectivity index (χ2v) is 33.9. The van der Waals surface area contributed by atoms with E-state index in [2.05, 4.69) is 196 Å². The largest absolute Gasteiger partial charge is 0.300 e. The van der Waals surface area contributed by atoms with Crippen molar-refractivity contribution in [3.63, 3.8) is 0 Å². The number of nitrogens with zero attached hydrogens (tertiary/aromatic N) is 3. The zero-order valence-electron chi connectivity index (χ0n) is 28.5. The van der Waals surface area contributed by atoms with Crippen LogP contribution in [0.1, 0.15) is 0 Å². The molecule has 12 heteroatoms. The summed E-state index contributed by atoms with van der Waals surface area (Å²) < 4.78 is 7.31. The molecule has 0 N–H and O–H groups in total. The van der Waals surface area contributed by atoms with Gasteiger partial charge in [0.25, 0.3) is 0 Å². The minimum Gasteiger partial charge on any atom is -0.300 e. The van der Waals surface area contributed by atoms with Gasteiger partial charge in [0.1, 0.15) is 16.2 Å². The summed E-state index contributed by atoms with van der Waals surface area (Å²) in [7, 11) is 0. The van der Waals surface area contributed by atoms with Gasteiger partial charge in [0.2, 0.25) is 0 Å². The van der Waals surface area contributed by atoms with Crippen LogP contribution in [0.4, 0.5) is 34.1 Å². The standard InChI is InChI=1S/C42H30N3P3S6/c49-46(43(31-16-4-1-5-17-31)37-22-10-13-25-40(37)52-46)34-28-35(47(50)44(32-18-6-2-7-19-32)38-23-11-14-26-41(38)53-47)30-36(29-34)48(51)45(33-20-8-3-9-21-33)39-24-12-15-27-42(39)54-48/h1-30H. The van der Waals surface area contributed by atoms with Crippen LogP contribution in [0, 0.1) is 0 Å². The number of hydrogen-bond donors (Lipinski definition) is 0. The van der Waals surface area contributed by atoms with E-state index in [0.29, 0.717) is 0 Å². The highest BCUT2D eigenvalue weighted by atomic mass is 32.9. The molecule has 0 aliphatic carbocycles. The highest BCUT2D eigenvalue weighted by molar-refractivity contribution is 8.75. The average molecular weight is 862 g/mol. The number of para-hydroxylation sites is 6. The minimum absolute atomic E-state index is 1.10. The van der Waals surface area contributed by atoms with E-state index in [1.165, 1.54) is 14.7 Å². The number of anilines is 6. The van der Waals surface area contributed by atoms with Crippen molar-refractivity contribution in [2.45, 2.75) is 14.7 Å². The van der Waals surface area contributed by atoms with Crippen molar-refractivity contribution in [3.05, 3.63) is 182 Å². The first-order valence-corrected chi connectivity index (χ1v) is 29.8. The molecule has 0 saturated carbocycles. The van der Waals surface area contributed by atoms with Crippen molar-refractivity contribution in [1.82, 2.24) is 0 Å². The number of benzene rings is 7. The van der Waals surface area contributed by atoms with Crippen LogP contribution in [0.15, 0.2) is 197 Å². The fraction of sp³-hybridized carbons (Fsp3) is 0. The zero-order chi connectivity index (χ0) is 36.5. The van der Waals surface area contributed by atoms with Gasteiger partial charge in [0, 0.05) is 47.7 Å². The van der Waals surface area contributed by atoms with E-state index in [9.17, 15) is 0 Å². The molecule has 0 radical (unpaired) electrons. The van der Waals surface area contributed by atoms with Gasteiger partial charge in [0.05, 0.1) is 17.1 Å². The van der Waals surface area contributed by atoms with Gasteiger partial charge >= 0.3 is 0 Å². The summed E-state index contributed by atoms with van der Waals surface area (Å²) in [5, 5.41) is -4.40. The van der Waals surface area contributed by atoms with E-state index in [1.54, 1.807) is 0 Å². The molecule has 10 rings (SSSR count). The molecule has 0 aromatic heterocycles. The van der Waals surface area contributed by atoms with Gasteiger partial charge in [-0.05, 0) is 91.0 Å². The quantitative estimate of drug-likeness (QED) is 0.150. The van der Waals surface area contributed by atoms with Crippen molar-refractivity contribution >= 4 is 136 Å². The monoisotopic (exact) mass is 861 g/mol. The highest BCUT2D eigenvalue weighted by Gasteiger charge is 2.45. The first kappa shape index (κ1) is 35.4. The predicted molar refractivity (Wildman–Crippen MR) is 251 cm³/mol. The Hall–Kier alpha value is -3.06. The summed E-state index contributed by atoms with van der Waals surface area (Å²) >= 11 is 26.7. The van der Waals surface area contributed by atoms with Crippen molar-refractivity contribution < 1.29 is 0 Å². The lowest BCUT2D eigenvalue weighted by molar-refractivity contribution is 1.35. The van der Waals surface area contributed by atoms with Crippen LogP contribution < -0.4 is 29.9 Å². The molecule has 0 fully saturated rings. The Morgan fingerprint density at radius 3 is 0.833 bits per heavy atom. The van der Waals surface area contributed by atoms with Crippen molar-refractivity contribution in [3.8, 4) is 0 Å². The topological polar surface area (TPSA) is 9.72 Å². The first-order valence-electron chi connectivity index (χ1n) is 17.3. The molecule has 0 saturated heterocycles. The third kappa shape index (κ3) is 5.66. The van der Waals surface area contributed by atoms with Gasteiger partial charge < -0.3 is 0 Å². The number of fused-ring (bicyclic) bond motifs is 3. The normalized spacial score (nSPS) is 22.6. The maximum Gasteiger partial charge on any atom is 0.127 e. The van der Waals surface area contributed by atoms with Crippen LogP contribution >= 0.6 is 50.3 Å². The van der Waals surface area contributed by atoms with Gasteiger partial charge in [-0.15, -0.1) is 0 Å². The number of hydrogen-bond acceptors (Lipinski definition) is 6. The van der Waals surface area contributed by atoms with Crippen molar-refractivity contribution in [1.29, 1.82) is 0 Å². The Kier molecular flexibility index (Phi) is 9.07. The lowest BCUT2D eigenvalue weighted by Gasteiger charge is -2.35. The molecule has 54 heavy (non-hydrogen) atoms. The SMILES string of the molecule is S=P1(c2cc(P3(=S)Sc4ccccc4N3c3ccccc3)cc(P3(=S)Sc4ccccc4N3c3ccccc3)c2)Sc2ccccc2N1c1ccccc1. The summed E-state index contributed by atoms with van der Waals surface area (Å²) in [5.74, 6) is 0. The van der Waals surface area contributed by atoms with E-state index in [1.807, 2.05) is 34.1 Å². The Labute approximate surface area is 343 Å². The Bertz CT molecular complexity index is 2420. The molecular weight excluding hydrogens is 832 g/mol. The smallest absolute Gasteiger partial charge is 0.127 e. The molecule has 3 aliphatic rings. The molecule has 3 heterocycles. The summed E-state index contributed by atoms with van der Waals surface area (Å²) in [6, 6.07) is 64.9. The molecule has 3 nitrogen and oxygen atoms in total. The van der Waals surface area contributed by atoms with Crippen molar-refractivity contribution in [2.75, 3.05) is 14.0 Å². The summed E-state index contributed by atoms with van der Waals surface area (Å²) in [6.07, 6.45) is 0. The van der Waals surface area contributed by atoms with Gasteiger partial charge in [0.15, 0.2) is 0 Å². The lowest BCUT2D eigenvalue weighted by atomic mass is 10.2. The molecule has 0 bridgehead atoms. The molecule has 7 aromatic rings. The highest BCUT2D eigenvalue weighted by Crippen LogP contribution is 2.78. The van der Waals surface area contributed by atoms with Crippen molar-refractivity contribution in [2.24, 2.45) is 0 Å². The van der Waals surface area contributed by atoms with Crippen LogP contribution in [0.2, 0.25) is 0 Å². The first-order chi connectivity index (χ1) is 26.4. The Morgan fingerprint density at radius 2 is 0.556 bits per heavy atom. The van der Waals surface area contributed by atoms with Gasteiger partial charge in [-0.2, -0.15) is 0 Å². The third-order valence-corrected chi connectivity index (χ3v) is 30.4. The second kappa shape index (κ2) is 13.8. The molecule has 7 aromatic carbocycles. The molecule has 0 spiro atoms. The molecule has 3 unspecified atom stereocenters. The molecule has 264 valence electrons. The van der Waals surface area contributed by atoms with Crippen LogP contribution in [-0.2, 0) is 35.4 Å². The zero-order valence-corrected chi connectivity index (χ0v) is 36.0. The summed E-state index contributed by atoms with van der Waals surface area (Å²) in [5.41, 5.74) is 6.74. The average Bonchev–Trinajstić information content (AvgIpc) is 3.83. The van der Waals surface area contributed by atoms with Gasteiger partial charge in [-0.25, -0.2) is 0 Å². The fourth-order valence-electron chi connectivity index (χ4n) is 7.23. The van der Waals surface area contributed by atoms with Gasteiger partial charge in [-0.1, -0.05) is 161 Å². The van der Waals surface area contributed by atoms with E-state index < -0.39 is 16.2 Å².